The van der Waals surface area contributed by atoms with Gasteiger partial charge in [-0.15, -0.1) is 0 Å². The van der Waals surface area contributed by atoms with Crippen LogP contribution in [0.3, 0.4) is 0 Å². The monoisotopic (exact) mass is 241 g/mol. The number of carboxylic acids is 1. The van der Waals surface area contributed by atoms with Crippen LogP contribution in [-0.2, 0) is 0 Å². The third-order valence-electron chi connectivity index (χ3n) is 2.85. The first-order valence-corrected chi connectivity index (χ1v) is 5.69. The smallest absolute Gasteiger partial charge is 0.335 e. The third kappa shape index (κ3) is 2.51. The SMILES string of the molecule is CN(C)c1ccc(-c2ccc(C(=O)O)cc2)cc1. The number of benzene rings is 2. The van der Waals surface area contributed by atoms with Gasteiger partial charge in [0.25, 0.3) is 0 Å². The Kier molecular flexibility index (Phi) is 3.33. The van der Waals surface area contributed by atoms with Crippen molar-refractivity contribution in [2.24, 2.45) is 0 Å². The highest BCUT2D eigenvalue weighted by atomic mass is 16.4. The van der Waals surface area contributed by atoms with E-state index in [0.29, 0.717) is 5.56 Å². The Morgan fingerprint density at radius 2 is 1.33 bits per heavy atom. The zero-order valence-electron chi connectivity index (χ0n) is 10.4. The molecule has 0 aliphatic carbocycles. The molecule has 3 nitrogen and oxygen atoms in total. The van der Waals surface area contributed by atoms with Gasteiger partial charge in [-0.2, -0.15) is 0 Å². The number of aromatic carboxylic acids is 1. The lowest BCUT2D eigenvalue weighted by molar-refractivity contribution is 0.0697. The fourth-order valence-corrected chi connectivity index (χ4v) is 1.76. The predicted molar refractivity (Wildman–Crippen MR) is 73.2 cm³/mol. The van der Waals surface area contributed by atoms with Gasteiger partial charge < -0.3 is 10.0 Å². The van der Waals surface area contributed by atoms with Crippen molar-refractivity contribution < 1.29 is 9.90 Å². The number of carboxylic acid groups (broad SMARTS) is 1. The zero-order chi connectivity index (χ0) is 13.1. The van der Waals surface area contributed by atoms with Gasteiger partial charge in [-0.1, -0.05) is 24.3 Å². The fraction of sp³-hybridized carbons (Fsp3) is 0.133. The second-order valence-electron chi connectivity index (χ2n) is 4.32. The van der Waals surface area contributed by atoms with E-state index < -0.39 is 5.97 Å². The van der Waals surface area contributed by atoms with Crippen molar-refractivity contribution in [3.8, 4) is 11.1 Å². The molecule has 18 heavy (non-hydrogen) atoms. The topological polar surface area (TPSA) is 40.5 Å². The molecule has 0 aliphatic heterocycles. The zero-order valence-corrected chi connectivity index (χ0v) is 10.4. The van der Waals surface area contributed by atoms with Gasteiger partial charge in [-0.25, -0.2) is 4.79 Å². The summed E-state index contributed by atoms with van der Waals surface area (Å²) in [6.45, 7) is 0. The quantitative estimate of drug-likeness (QED) is 0.897. The second-order valence-corrected chi connectivity index (χ2v) is 4.32. The van der Waals surface area contributed by atoms with E-state index in [1.165, 1.54) is 0 Å². The Morgan fingerprint density at radius 3 is 1.72 bits per heavy atom. The summed E-state index contributed by atoms with van der Waals surface area (Å²) >= 11 is 0. The molecule has 0 atom stereocenters. The summed E-state index contributed by atoms with van der Waals surface area (Å²) in [5.74, 6) is -0.899. The van der Waals surface area contributed by atoms with Crippen molar-refractivity contribution in [1.82, 2.24) is 0 Å². The van der Waals surface area contributed by atoms with Gasteiger partial charge >= 0.3 is 5.97 Å². The Balaban J connectivity index is 2.28. The van der Waals surface area contributed by atoms with Crippen LogP contribution in [0.25, 0.3) is 11.1 Å². The highest BCUT2D eigenvalue weighted by molar-refractivity contribution is 5.88. The first-order valence-electron chi connectivity index (χ1n) is 5.69. The van der Waals surface area contributed by atoms with Crippen molar-refractivity contribution in [2.45, 2.75) is 0 Å². The molecule has 0 fully saturated rings. The molecule has 0 saturated carbocycles. The molecule has 2 aromatic carbocycles. The van der Waals surface area contributed by atoms with Crippen molar-refractivity contribution >= 4 is 11.7 Å². The first kappa shape index (κ1) is 12.2. The van der Waals surface area contributed by atoms with Gasteiger partial charge in [0.05, 0.1) is 5.56 Å². The summed E-state index contributed by atoms with van der Waals surface area (Å²) in [7, 11) is 3.99. The third-order valence-corrected chi connectivity index (χ3v) is 2.85. The van der Waals surface area contributed by atoms with Gasteiger partial charge in [-0.3, -0.25) is 0 Å². The van der Waals surface area contributed by atoms with E-state index in [1.807, 2.05) is 55.4 Å². The number of hydrogen-bond acceptors (Lipinski definition) is 2. The van der Waals surface area contributed by atoms with Crippen LogP contribution in [0.5, 0.6) is 0 Å². The summed E-state index contributed by atoms with van der Waals surface area (Å²) in [6.07, 6.45) is 0. The molecule has 0 unspecified atom stereocenters. The largest absolute Gasteiger partial charge is 0.478 e. The summed E-state index contributed by atoms with van der Waals surface area (Å²) < 4.78 is 0. The van der Waals surface area contributed by atoms with Crippen LogP contribution in [0.4, 0.5) is 5.69 Å². The van der Waals surface area contributed by atoms with E-state index in [1.54, 1.807) is 12.1 Å². The highest BCUT2D eigenvalue weighted by Gasteiger charge is 2.03. The van der Waals surface area contributed by atoms with Gasteiger partial charge in [-0.05, 0) is 35.4 Å². The number of anilines is 1. The number of hydrogen-bond donors (Lipinski definition) is 1. The van der Waals surface area contributed by atoms with Crippen LogP contribution in [-0.4, -0.2) is 25.2 Å². The molecule has 0 spiro atoms. The molecule has 0 saturated heterocycles. The summed E-state index contributed by atoms with van der Waals surface area (Å²) in [6, 6.07) is 15.0. The highest BCUT2D eigenvalue weighted by Crippen LogP contribution is 2.22. The van der Waals surface area contributed by atoms with Crippen molar-refractivity contribution in [2.75, 3.05) is 19.0 Å². The van der Waals surface area contributed by atoms with E-state index in [-0.39, 0.29) is 0 Å². The predicted octanol–water partition coefficient (Wildman–Crippen LogP) is 3.12. The Labute approximate surface area is 106 Å². The fourth-order valence-electron chi connectivity index (χ4n) is 1.76. The molecule has 3 heteroatoms. The number of nitrogens with zero attached hydrogens (tertiary/aromatic N) is 1. The molecule has 0 aliphatic rings. The minimum Gasteiger partial charge on any atom is -0.478 e. The summed E-state index contributed by atoms with van der Waals surface area (Å²) in [5, 5.41) is 8.84. The maximum Gasteiger partial charge on any atom is 0.335 e. The lowest BCUT2D eigenvalue weighted by atomic mass is 10.0. The summed E-state index contributed by atoms with van der Waals surface area (Å²) in [4.78, 5) is 12.8. The minimum absolute atomic E-state index is 0.309. The Hall–Kier alpha value is -2.29. The molecule has 2 aromatic rings. The van der Waals surface area contributed by atoms with E-state index in [4.69, 9.17) is 5.11 Å². The number of carbonyl (C=O) groups is 1. The van der Waals surface area contributed by atoms with Crippen LogP contribution >= 0.6 is 0 Å². The molecule has 0 aromatic heterocycles. The molecule has 0 bridgehead atoms. The molecule has 0 amide bonds. The van der Waals surface area contributed by atoms with Gasteiger partial charge in [0.1, 0.15) is 0 Å². The van der Waals surface area contributed by atoms with Crippen LogP contribution in [0.15, 0.2) is 48.5 Å². The van der Waals surface area contributed by atoms with Crippen LogP contribution in [0, 0.1) is 0 Å². The maximum absolute atomic E-state index is 10.8. The van der Waals surface area contributed by atoms with Crippen LogP contribution in [0.1, 0.15) is 10.4 Å². The lowest BCUT2D eigenvalue weighted by Gasteiger charge is -2.12. The molecule has 1 N–H and O–H groups in total. The normalized spacial score (nSPS) is 10.1. The molecular weight excluding hydrogens is 226 g/mol. The van der Waals surface area contributed by atoms with Gasteiger partial charge in [0.15, 0.2) is 0 Å². The standard InChI is InChI=1S/C15H15NO2/c1-16(2)14-9-7-12(8-10-14)11-3-5-13(6-4-11)15(17)18/h3-10H,1-2H3,(H,17,18). The van der Waals surface area contributed by atoms with Gasteiger partial charge in [0, 0.05) is 19.8 Å². The minimum atomic E-state index is -0.899. The van der Waals surface area contributed by atoms with Crippen LogP contribution in [0.2, 0.25) is 0 Å². The average molecular weight is 241 g/mol. The van der Waals surface area contributed by atoms with Crippen molar-refractivity contribution in [3.05, 3.63) is 54.1 Å². The van der Waals surface area contributed by atoms with Crippen molar-refractivity contribution in [1.29, 1.82) is 0 Å². The van der Waals surface area contributed by atoms with E-state index in [2.05, 4.69) is 0 Å². The maximum atomic E-state index is 10.8. The molecule has 92 valence electrons. The molecular formula is C15H15NO2. The molecule has 0 radical (unpaired) electrons. The van der Waals surface area contributed by atoms with E-state index in [9.17, 15) is 4.79 Å². The molecule has 0 heterocycles. The number of rotatable bonds is 3. The second kappa shape index (κ2) is 4.92. The Morgan fingerprint density at radius 1 is 0.889 bits per heavy atom. The Bertz CT molecular complexity index is 542. The van der Waals surface area contributed by atoms with Crippen LogP contribution < -0.4 is 4.90 Å². The van der Waals surface area contributed by atoms with Crippen molar-refractivity contribution in [3.63, 3.8) is 0 Å². The lowest BCUT2D eigenvalue weighted by Crippen LogP contribution is -2.07. The average Bonchev–Trinajstić information content (AvgIpc) is 2.39. The molecule has 2 rings (SSSR count). The van der Waals surface area contributed by atoms with E-state index >= 15 is 0 Å². The summed E-state index contributed by atoms with van der Waals surface area (Å²) in [5.41, 5.74) is 3.55. The van der Waals surface area contributed by atoms with E-state index in [0.717, 1.165) is 16.8 Å². The van der Waals surface area contributed by atoms with Gasteiger partial charge in [0.2, 0.25) is 0 Å². The first-order chi connectivity index (χ1) is 8.58.